The van der Waals surface area contributed by atoms with Crippen LogP contribution in [0.4, 0.5) is 18.9 Å². The quantitative estimate of drug-likeness (QED) is 0.834. The Hall–Kier alpha value is -0.750. The van der Waals surface area contributed by atoms with E-state index in [0.717, 1.165) is 37.3 Å². The molecule has 0 unspecified atom stereocenters. The number of hydrogen-bond donors (Lipinski definition) is 1. The van der Waals surface area contributed by atoms with Crippen molar-refractivity contribution in [2.45, 2.75) is 12.6 Å². The Morgan fingerprint density at radius 2 is 2.00 bits per heavy atom. The molecule has 1 aromatic rings. The maximum atomic E-state index is 12.5. The third-order valence-corrected chi connectivity index (χ3v) is 3.24. The Labute approximate surface area is 113 Å². The third kappa shape index (κ3) is 4.17. The van der Waals surface area contributed by atoms with Crippen LogP contribution in [0.25, 0.3) is 0 Å². The summed E-state index contributed by atoms with van der Waals surface area (Å²) >= 11 is 3.19. The summed E-state index contributed by atoms with van der Waals surface area (Å²) < 4.78 is 38.0. The molecule has 0 radical (unpaired) electrons. The highest BCUT2D eigenvalue weighted by Gasteiger charge is 2.30. The highest BCUT2D eigenvalue weighted by atomic mass is 79.9. The Morgan fingerprint density at radius 3 is 2.50 bits per heavy atom. The first-order valence-corrected chi connectivity index (χ1v) is 6.38. The summed E-state index contributed by atoms with van der Waals surface area (Å²) in [4.78, 5) is 1.93. The van der Waals surface area contributed by atoms with Gasteiger partial charge in [0.2, 0.25) is 0 Å². The van der Waals surface area contributed by atoms with Gasteiger partial charge in [0.05, 0.1) is 11.3 Å². The second-order valence-electron chi connectivity index (χ2n) is 4.04. The zero-order valence-electron chi connectivity index (χ0n) is 10.3. The summed E-state index contributed by atoms with van der Waals surface area (Å²) in [5.74, 6) is 0. The maximum absolute atomic E-state index is 12.5. The van der Waals surface area contributed by atoms with E-state index >= 15 is 0 Å². The Bertz CT molecular complexity index is 393. The van der Waals surface area contributed by atoms with Gasteiger partial charge in [-0.25, -0.2) is 0 Å². The van der Waals surface area contributed by atoms with Gasteiger partial charge in [0, 0.05) is 18.1 Å². The van der Waals surface area contributed by atoms with Crippen molar-refractivity contribution in [3.63, 3.8) is 0 Å². The largest absolute Gasteiger partial charge is 0.416 e. The van der Waals surface area contributed by atoms with Crippen LogP contribution >= 0.6 is 15.9 Å². The summed E-state index contributed by atoms with van der Waals surface area (Å²) in [7, 11) is 3.73. The Morgan fingerprint density at radius 1 is 1.33 bits per heavy atom. The Balaban J connectivity index is 2.79. The van der Waals surface area contributed by atoms with Gasteiger partial charge in [-0.3, -0.25) is 0 Å². The van der Waals surface area contributed by atoms with Crippen LogP contribution in [0.3, 0.4) is 0 Å². The second-order valence-corrected chi connectivity index (χ2v) is 4.90. The highest BCUT2D eigenvalue weighted by molar-refractivity contribution is 9.10. The van der Waals surface area contributed by atoms with Gasteiger partial charge in [-0.05, 0) is 54.1 Å². The Kier molecular flexibility index (Phi) is 5.47. The minimum atomic E-state index is -4.30. The predicted octanol–water partition coefficient (Wildman–Crippen LogP) is 3.51. The first kappa shape index (κ1) is 15.3. The van der Waals surface area contributed by atoms with Crippen molar-refractivity contribution in [1.82, 2.24) is 5.32 Å². The summed E-state index contributed by atoms with van der Waals surface area (Å²) in [6, 6.07) is 3.71. The lowest BCUT2D eigenvalue weighted by Crippen LogP contribution is -2.22. The number of benzene rings is 1. The van der Waals surface area contributed by atoms with Crippen LogP contribution in [-0.4, -0.2) is 27.2 Å². The molecule has 0 aliphatic carbocycles. The summed E-state index contributed by atoms with van der Waals surface area (Å²) in [6.45, 7) is 1.66. The van der Waals surface area contributed by atoms with Gasteiger partial charge in [-0.1, -0.05) is 0 Å². The number of rotatable bonds is 5. The average molecular weight is 325 g/mol. The zero-order valence-corrected chi connectivity index (χ0v) is 11.9. The van der Waals surface area contributed by atoms with Crippen LogP contribution < -0.4 is 10.2 Å². The lowest BCUT2D eigenvalue weighted by Gasteiger charge is -2.21. The van der Waals surface area contributed by atoms with Crippen molar-refractivity contribution in [1.29, 1.82) is 0 Å². The summed E-state index contributed by atoms with van der Waals surface area (Å²) in [5, 5.41) is 3.03. The molecule has 6 heteroatoms. The van der Waals surface area contributed by atoms with Crippen molar-refractivity contribution in [3.8, 4) is 0 Å². The number of alkyl halides is 3. The lowest BCUT2D eigenvalue weighted by molar-refractivity contribution is -0.137. The molecule has 0 amide bonds. The minimum absolute atomic E-state index is 0.462. The second kappa shape index (κ2) is 6.43. The molecule has 0 saturated heterocycles. The standard InChI is InChI=1S/C12H16BrF3N2/c1-17-6-3-7-18(2)11-5-4-9(8-10(11)13)12(14,15)16/h4-5,8,17H,3,6-7H2,1-2H3. The molecule has 0 saturated carbocycles. The minimum Gasteiger partial charge on any atom is -0.374 e. The smallest absolute Gasteiger partial charge is 0.374 e. The SMILES string of the molecule is CNCCCN(C)c1ccc(C(F)(F)F)cc1Br. The molecule has 0 aliphatic rings. The van der Waals surface area contributed by atoms with E-state index in [2.05, 4.69) is 21.2 Å². The number of hydrogen-bond acceptors (Lipinski definition) is 2. The molecular weight excluding hydrogens is 309 g/mol. The molecule has 102 valence electrons. The number of nitrogens with zero attached hydrogens (tertiary/aromatic N) is 1. The van der Waals surface area contributed by atoms with Crippen molar-refractivity contribution >= 4 is 21.6 Å². The highest BCUT2D eigenvalue weighted by Crippen LogP contribution is 2.34. The average Bonchev–Trinajstić information content (AvgIpc) is 2.27. The number of nitrogens with one attached hydrogen (secondary N) is 1. The molecule has 0 aliphatic heterocycles. The van der Waals surface area contributed by atoms with Gasteiger partial charge in [0.25, 0.3) is 0 Å². The van der Waals surface area contributed by atoms with Crippen molar-refractivity contribution in [2.24, 2.45) is 0 Å². The van der Waals surface area contributed by atoms with E-state index in [4.69, 9.17) is 0 Å². The van der Waals surface area contributed by atoms with Crippen molar-refractivity contribution in [3.05, 3.63) is 28.2 Å². The summed E-state index contributed by atoms with van der Waals surface area (Å²) in [5.41, 5.74) is 0.126. The summed E-state index contributed by atoms with van der Waals surface area (Å²) in [6.07, 6.45) is -3.37. The van der Waals surface area contributed by atoms with Gasteiger partial charge in [-0.15, -0.1) is 0 Å². The molecular formula is C12H16BrF3N2. The fourth-order valence-electron chi connectivity index (χ4n) is 1.61. The van der Waals surface area contributed by atoms with E-state index in [1.165, 1.54) is 6.07 Å². The topological polar surface area (TPSA) is 15.3 Å². The van der Waals surface area contributed by atoms with Crippen molar-refractivity contribution in [2.75, 3.05) is 32.1 Å². The first-order valence-electron chi connectivity index (χ1n) is 5.58. The molecule has 0 atom stereocenters. The van der Waals surface area contributed by atoms with E-state index < -0.39 is 11.7 Å². The van der Waals surface area contributed by atoms with E-state index in [1.807, 2.05) is 19.0 Å². The molecule has 0 heterocycles. The molecule has 1 rings (SSSR count). The lowest BCUT2D eigenvalue weighted by atomic mass is 10.2. The van der Waals surface area contributed by atoms with Crippen molar-refractivity contribution < 1.29 is 13.2 Å². The van der Waals surface area contributed by atoms with E-state index in [0.29, 0.717) is 4.47 Å². The molecule has 0 bridgehead atoms. The van der Waals surface area contributed by atoms with E-state index in [-0.39, 0.29) is 0 Å². The predicted molar refractivity (Wildman–Crippen MR) is 71.0 cm³/mol. The molecule has 0 spiro atoms. The van der Waals surface area contributed by atoms with Crippen LogP contribution in [0.2, 0.25) is 0 Å². The molecule has 2 nitrogen and oxygen atoms in total. The fourth-order valence-corrected chi connectivity index (χ4v) is 2.29. The molecule has 0 fully saturated rings. The molecule has 1 aromatic carbocycles. The molecule has 0 aromatic heterocycles. The normalized spacial score (nSPS) is 11.7. The van der Waals surface area contributed by atoms with Gasteiger partial charge in [-0.2, -0.15) is 13.2 Å². The fraction of sp³-hybridized carbons (Fsp3) is 0.500. The van der Waals surface area contributed by atoms with Gasteiger partial charge in [0.1, 0.15) is 0 Å². The number of halogens is 4. The zero-order chi connectivity index (χ0) is 13.8. The first-order chi connectivity index (χ1) is 8.36. The van der Waals surface area contributed by atoms with Gasteiger partial charge in [0.15, 0.2) is 0 Å². The maximum Gasteiger partial charge on any atom is 0.416 e. The monoisotopic (exact) mass is 324 g/mol. The van der Waals surface area contributed by atoms with Crippen LogP contribution in [-0.2, 0) is 6.18 Å². The van der Waals surface area contributed by atoms with Crippen LogP contribution in [0.5, 0.6) is 0 Å². The van der Waals surface area contributed by atoms with Crippen LogP contribution in [0, 0.1) is 0 Å². The molecule has 1 N–H and O–H groups in total. The van der Waals surface area contributed by atoms with Crippen LogP contribution in [0.1, 0.15) is 12.0 Å². The van der Waals surface area contributed by atoms with Gasteiger partial charge >= 0.3 is 6.18 Å². The number of anilines is 1. The van der Waals surface area contributed by atoms with E-state index in [9.17, 15) is 13.2 Å². The van der Waals surface area contributed by atoms with Gasteiger partial charge < -0.3 is 10.2 Å². The third-order valence-electron chi connectivity index (χ3n) is 2.61. The van der Waals surface area contributed by atoms with E-state index in [1.54, 1.807) is 0 Å². The molecule has 18 heavy (non-hydrogen) atoms. The van der Waals surface area contributed by atoms with Crippen LogP contribution in [0.15, 0.2) is 22.7 Å².